The van der Waals surface area contributed by atoms with Crippen LogP contribution < -0.4 is 0 Å². The lowest BCUT2D eigenvalue weighted by atomic mass is 10.2. The van der Waals surface area contributed by atoms with E-state index in [1.807, 2.05) is 24.1 Å². The van der Waals surface area contributed by atoms with Crippen molar-refractivity contribution in [3.63, 3.8) is 0 Å². The molecular weight excluding hydrogens is 200 g/mol. The first-order valence-electron chi connectivity index (χ1n) is 5.78. The molecule has 0 atom stereocenters. The zero-order valence-electron chi connectivity index (χ0n) is 9.50. The van der Waals surface area contributed by atoms with Gasteiger partial charge in [0.25, 0.3) is 0 Å². The third kappa shape index (κ3) is 2.15. The van der Waals surface area contributed by atoms with Gasteiger partial charge in [0.05, 0.1) is 12.4 Å². The maximum absolute atomic E-state index is 4.39. The van der Waals surface area contributed by atoms with E-state index in [9.17, 15) is 0 Å². The molecule has 0 amide bonds. The van der Waals surface area contributed by atoms with Gasteiger partial charge in [-0.25, -0.2) is 0 Å². The summed E-state index contributed by atoms with van der Waals surface area (Å²) in [6, 6.07) is 0. The van der Waals surface area contributed by atoms with E-state index in [0.29, 0.717) is 0 Å². The van der Waals surface area contributed by atoms with Crippen LogP contribution in [0.15, 0.2) is 24.8 Å². The first-order valence-corrected chi connectivity index (χ1v) is 5.78. The number of aromatic nitrogens is 4. The Morgan fingerprint density at radius 2 is 1.94 bits per heavy atom. The van der Waals surface area contributed by atoms with E-state index in [-0.39, 0.29) is 0 Å². The van der Waals surface area contributed by atoms with Crippen molar-refractivity contribution in [2.75, 3.05) is 0 Å². The summed E-state index contributed by atoms with van der Waals surface area (Å²) < 4.78 is 3.91. The lowest BCUT2D eigenvalue weighted by Crippen LogP contribution is -1.99. The Hall–Kier alpha value is -1.58. The molecule has 1 aliphatic rings. The zero-order chi connectivity index (χ0) is 11.0. The Bertz CT molecular complexity index is 479. The van der Waals surface area contributed by atoms with E-state index in [1.54, 1.807) is 0 Å². The molecule has 3 rings (SSSR count). The van der Waals surface area contributed by atoms with Gasteiger partial charge in [0.15, 0.2) is 0 Å². The maximum atomic E-state index is 4.39. The summed E-state index contributed by atoms with van der Waals surface area (Å²) in [4.78, 5) is 0. The van der Waals surface area contributed by atoms with Gasteiger partial charge in [-0.3, -0.25) is 9.36 Å². The molecule has 1 fully saturated rings. The number of hydrogen-bond donors (Lipinski definition) is 0. The average molecular weight is 216 g/mol. The van der Waals surface area contributed by atoms with Crippen LogP contribution in [0, 0.1) is 5.92 Å². The quantitative estimate of drug-likeness (QED) is 0.778. The smallest absolute Gasteiger partial charge is 0.0525 e. The minimum absolute atomic E-state index is 0.881. The maximum Gasteiger partial charge on any atom is 0.0525 e. The third-order valence-electron chi connectivity index (χ3n) is 3.00. The molecule has 0 unspecified atom stereocenters. The van der Waals surface area contributed by atoms with Crippen molar-refractivity contribution in [3.8, 4) is 0 Å². The van der Waals surface area contributed by atoms with Gasteiger partial charge < -0.3 is 0 Å². The second kappa shape index (κ2) is 3.77. The van der Waals surface area contributed by atoms with Crippen LogP contribution >= 0.6 is 0 Å². The number of hydrogen-bond acceptors (Lipinski definition) is 2. The normalized spacial score (nSPS) is 15.6. The van der Waals surface area contributed by atoms with Crippen molar-refractivity contribution < 1.29 is 0 Å². The van der Waals surface area contributed by atoms with Crippen LogP contribution in [0.1, 0.15) is 24.0 Å². The molecule has 0 N–H and O–H groups in total. The standard InChI is InChI=1S/C12H16N4/c1-15-7-11(5-13-15)4-12-6-14-16(9-12)8-10-2-3-10/h5-7,9-10H,2-4,8H2,1H3. The van der Waals surface area contributed by atoms with Crippen molar-refractivity contribution in [2.24, 2.45) is 13.0 Å². The van der Waals surface area contributed by atoms with Crippen molar-refractivity contribution in [1.29, 1.82) is 0 Å². The van der Waals surface area contributed by atoms with Crippen LogP contribution in [0.25, 0.3) is 0 Å². The Kier molecular flexibility index (Phi) is 2.27. The van der Waals surface area contributed by atoms with Crippen LogP contribution in [0.4, 0.5) is 0 Å². The van der Waals surface area contributed by atoms with Crippen molar-refractivity contribution in [2.45, 2.75) is 25.8 Å². The topological polar surface area (TPSA) is 35.6 Å². The fraction of sp³-hybridized carbons (Fsp3) is 0.500. The molecule has 2 heterocycles. The van der Waals surface area contributed by atoms with E-state index in [4.69, 9.17) is 0 Å². The van der Waals surface area contributed by atoms with Gasteiger partial charge in [-0.05, 0) is 29.9 Å². The van der Waals surface area contributed by atoms with Gasteiger partial charge in [0.1, 0.15) is 0 Å². The van der Waals surface area contributed by atoms with Gasteiger partial charge in [-0.2, -0.15) is 10.2 Å². The lowest BCUT2D eigenvalue weighted by molar-refractivity contribution is 0.563. The molecule has 0 radical (unpaired) electrons. The van der Waals surface area contributed by atoms with Crippen LogP contribution in [-0.2, 0) is 20.0 Å². The fourth-order valence-electron chi connectivity index (χ4n) is 1.96. The third-order valence-corrected chi connectivity index (χ3v) is 3.00. The van der Waals surface area contributed by atoms with Gasteiger partial charge >= 0.3 is 0 Å². The van der Waals surface area contributed by atoms with Crippen molar-refractivity contribution >= 4 is 0 Å². The number of aryl methyl sites for hydroxylation is 1. The summed E-state index contributed by atoms with van der Waals surface area (Å²) in [6.45, 7) is 1.09. The van der Waals surface area contributed by atoms with Crippen molar-refractivity contribution in [1.82, 2.24) is 19.6 Å². The Balaban J connectivity index is 1.67. The number of nitrogens with zero attached hydrogens (tertiary/aromatic N) is 4. The van der Waals surface area contributed by atoms with Gasteiger partial charge in [-0.15, -0.1) is 0 Å². The summed E-state index contributed by atoms with van der Waals surface area (Å²) >= 11 is 0. The summed E-state index contributed by atoms with van der Waals surface area (Å²) in [5.74, 6) is 0.881. The SMILES string of the molecule is Cn1cc(Cc2cnn(CC3CC3)c2)cn1. The molecule has 1 aliphatic carbocycles. The molecule has 0 aliphatic heterocycles. The predicted octanol–water partition coefficient (Wildman–Crippen LogP) is 1.62. The highest BCUT2D eigenvalue weighted by atomic mass is 15.3. The second-order valence-corrected chi connectivity index (χ2v) is 4.71. The molecule has 0 bridgehead atoms. The predicted molar refractivity (Wildman–Crippen MR) is 61.0 cm³/mol. The molecule has 2 aromatic rings. The first-order chi connectivity index (χ1) is 7.79. The van der Waals surface area contributed by atoms with Gasteiger partial charge in [-0.1, -0.05) is 0 Å². The van der Waals surface area contributed by atoms with Gasteiger partial charge in [0.2, 0.25) is 0 Å². The highest BCUT2D eigenvalue weighted by molar-refractivity contribution is 5.17. The lowest BCUT2D eigenvalue weighted by Gasteiger charge is -1.96. The average Bonchev–Trinajstić information content (AvgIpc) is 2.80. The van der Waals surface area contributed by atoms with Crippen molar-refractivity contribution in [3.05, 3.63) is 35.9 Å². The molecule has 0 aromatic carbocycles. The van der Waals surface area contributed by atoms with E-state index >= 15 is 0 Å². The molecule has 0 saturated heterocycles. The van der Waals surface area contributed by atoms with Crippen LogP contribution in [0.5, 0.6) is 0 Å². The molecule has 16 heavy (non-hydrogen) atoms. The van der Waals surface area contributed by atoms with Gasteiger partial charge in [0, 0.05) is 32.4 Å². The second-order valence-electron chi connectivity index (χ2n) is 4.71. The Morgan fingerprint density at radius 1 is 1.19 bits per heavy atom. The summed E-state index contributed by atoms with van der Waals surface area (Å²) in [5.41, 5.74) is 2.52. The van der Waals surface area contributed by atoms with Crippen LogP contribution in [-0.4, -0.2) is 19.6 Å². The first kappa shape index (κ1) is 9.63. The van der Waals surface area contributed by atoms with E-state index in [2.05, 4.69) is 27.3 Å². The Labute approximate surface area is 94.9 Å². The monoisotopic (exact) mass is 216 g/mol. The molecule has 4 nitrogen and oxygen atoms in total. The Morgan fingerprint density at radius 3 is 2.62 bits per heavy atom. The molecule has 84 valence electrons. The van der Waals surface area contributed by atoms with Crippen LogP contribution in [0.3, 0.4) is 0 Å². The largest absolute Gasteiger partial charge is 0.276 e. The minimum Gasteiger partial charge on any atom is -0.276 e. The zero-order valence-corrected chi connectivity index (χ0v) is 9.50. The molecule has 2 aromatic heterocycles. The fourth-order valence-corrected chi connectivity index (χ4v) is 1.96. The molecule has 1 saturated carbocycles. The number of rotatable bonds is 4. The highest BCUT2D eigenvalue weighted by Gasteiger charge is 2.21. The molecule has 0 spiro atoms. The molecule has 4 heteroatoms. The van der Waals surface area contributed by atoms with E-state index in [1.165, 1.54) is 24.0 Å². The molecular formula is C12H16N4. The summed E-state index contributed by atoms with van der Waals surface area (Å²) in [5, 5.41) is 8.56. The minimum atomic E-state index is 0.881. The summed E-state index contributed by atoms with van der Waals surface area (Å²) in [7, 11) is 1.94. The van der Waals surface area contributed by atoms with E-state index < -0.39 is 0 Å². The van der Waals surface area contributed by atoms with E-state index in [0.717, 1.165) is 18.9 Å². The van der Waals surface area contributed by atoms with Crippen LogP contribution in [0.2, 0.25) is 0 Å². The highest BCUT2D eigenvalue weighted by Crippen LogP contribution is 2.30. The summed E-state index contributed by atoms with van der Waals surface area (Å²) in [6.07, 6.45) is 11.8.